The van der Waals surface area contributed by atoms with Crippen LogP contribution in [0, 0.1) is 24.0 Å². The maximum Gasteiger partial charge on any atom is 0.274 e. The molecule has 0 atom stereocenters. The molecule has 0 saturated carbocycles. The predicted molar refractivity (Wildman–Crippen MR) is 47.3 cm³/mol. The van der Waals surface area contributed by atoms with Crippen LogP contribution in [-0.4, -0.2) is 4.92 Å². The van der Waals surface area contributed by atoms with Gasteiger partial charge in [-0.1, -0.05) is 11.6 Å². The molecule has 0 amide bonds. The lowest BCUT2D eigenvalue weighted by Gasteiger charge is -2.00. The van der Waals surface area contributed by atoms with Gasteiger partial charge in [-0.2, -0.15) is 0 Å². The van der Waals surface area contributed by atoms with E-state index < -0.39 is 4.92 Å². The Labute approximate surface area is 75.1 Å². The maximum absolute atomic E-state index is 10.4. The van der Waals surface area contributed by atoms with Gasteiger partial charge in [-0.3, -0.25) is 10.1 Å². The number of rotatable bonds is 1. The second-order valence-electron chi connectivity index (χ2n) is 2.47. The number of hydrogen-bond acceptors (Lipinski definition) is 2. The summed E-state index contributed by atoms with van der Waals surface area (Å²) in [5.41, 5.74) is 1.17. The van der Waals surface area contributed by atoms with Crippen molar-refractivity contribution >= 4 is 17.3 Å². The summed E-state index contributed by atoms with van der Waals surface area (Å²) in [6.07, 6.45) is 0. The number of nitro groups is 1. The molecule has 1 rings (SSSR count). The number of nitrogens with zero attached hydrogens (tertiary/aromatic N) is 1. The van der Waals surface area contributed by atoms with E-state index in [2.05, 4.69) is 6.92 Å². The van der Waals surface area contributed by atoms with Gasteiger partial charge in [0.15, 0.2) is 0 Å². The highest BCUT2D eigenvalue weighted by Gasteiger charge is 2.12. The fraction of sp³-hybridized carbons (Fsp3) is 0.125. The molecule has 0 N–H and O–H groups in total. The summed E-state index contributed by atoms with van der Waals surface area (Å²) in [4.78, 5) is 9.98. The second kappa shape index (κ2) is 3.11. The molecule has 0 saturated heterocycles. The Morgan fingerprint density at radius 2 is 2.17 bits per heavy atom. The van der Waals surface area contributed by atoms with Crippen LogP contribution in [0.2, 0.25) is 5.02 Å². The third-order valence-corrected chi connectivity index (χ3v) is 1.87. The zero-order chi connectivity index (χ0) is 9.30. The molecular formula is C8H7ClNO2. The molecule has 4 heteroatoms. The average molecular weight is 185 g/mol. The van der Waals surface area contributed by atoms with Crippen molar-refractivity contribution in [1.29, 1.82) is 0 Å². The van der Waals surface area contributed by atoms with Crippen molar-refractivity contribution in [2.75, 3.05) is 0 Å². The Hall–Kier alpha value is -1.09. The summed E-state index contributed by atoms with van der Waals surface area (Å²) >= 11 is 5.62. The Kier molecular flexibility index (Phi) is 2.33. The van der Waals surface area contributed by atoms with Crippen molar-refractivity contribution in [3.63, 3.8) is 0 Å². The van der Waals surface area contributed by atoms with Crippen molar-refractivity contribution in [3.8, 4) is 0 Å². The molecule has 3 nitrogen and oxygen atoms in total. The molecule has 0 bridgehead atoms. The fourth-order valence-corrected chi connectivity index (χ4v) is 1.14. The van der Waals surface area contributed by atoms with Crippen molar-refractivity contribution in [2.24, 2.45) is 0 Å². The number of hydrogen-bond donors (Lipinski definition) is 0. The lowest BCUT2D eigenvalue weighted by atomic mass is 10.1. The van der Waals surface area contributed by atoms with Crippen molar-refractivity contribution in [1.82, 2.24) is 0 Å². The minimum Gasteiger partial charge on any atom is -0.258 e. The van der Waals surface area contributed by atoms with E-state index in [-0.39, 0.29) is 5.69 Å². The predicted octanol–water partition coefficient (Wildman–Crippen LogP) is 2.74. The van der Waals surface area contributed by atoms with Crippen LogP contribution in [0.1, 0.15) is 11.1 Å². The summed E-state index contributed by atoms with van der Waals surface area (Å²) in [7, 11) is 0. The van der Waals surface area contributed by atoms with E-state index in [4.69, 9.17) is 11.6 Å². The zero-order valence-corrected chi connectivity index (χ0v) is 7.26. The zero-order valence-electron chi connectivity index (χ0n) is 6.50. The van der Waals surface area contributed by atoms with Gasteiger partial charge in [0.1, 0.15) is 0 Å². The van der Waals surface area contributed by atoms with E-state index in [1.807, 2.05) is 0 Å². The second-order valence-corrected chi connectivity index (χ2v) is 2.90. The monoisotopic (exact) mass is 184 g/mol. The van der Waals surface area contributed by atoms with Crippen LogP contribution in [0.15, 0.2) is 12.1 Å². The van der Waals surface area contributed by atoms with Gasteiger partial charge in [-0.05, 0) is 25.5 Å². The minimum atomic E-state index is -0.462. The molecule has 0 aliphatic heterocycles. The first-order valence-electron chi connectivity index (χ1n) is 3.29. The van der Waals surface area contributed by atoms with Gasteiger partial charge in [0.2, 0.25) is 0 Å². The molecule has 12 heavy (non-hydrogen) atoms. The van der Waals surface area contributed by atoms with Gasteiger partial charge in [0.25, 0.3) is 5.69 Å². The molecule has 0 aromatic heterocycles. The van der Waals surface area contributed by atoms with Gasteiger partial charge in [0.05, 0.1) is 4.92 Å². The van der Waals surface area contributed by atoms with E-state index in [9.17, 15) is 10.1 Å². The van der Waals surface area contributed by atoms with Crippen molar-refractivity contribution in [2.45, 2.75) is 6.92 Å². The average Bonchev–Trinajstić information content (AvgIpc) is 1.96. The molecule has 1 aromatic rings. The summed E-state index contributed by atoms with van der Waals surface area (Å²) in [6.45, 7) is 5.28. The maximum atomic E-state index is 10.4. The van der Waals surface area contributed by atoms with Crippen molar-refractivity contribution in [3.05, 3.63) is 45.3 Å². The Morgan fingerprint density at radius 3 is 2.67 bits per heavy atom. The molecule has 1 aromatic carbocycles. The Morgan fingerprint density at radius 1 is 1.58 bits per heavy atom. The first kappa shape index (κ1) is 9.00. The summed E-state index contributed by atoms with van der Waals surface area (Å²) in [5.74, 6) is 0. The Bertz CT molecular complexity index is 336. The lowest BCUT2D eigenvalue weighted by molar-refractivity contribution is -0.385. The molecule has 0 heterocycles. The number of halogens is 1. The van der Waals surface area contributed by atoms with E-state index in [1.165, 1.54) is 6.07 Å². The number of nitro benzene ring substituents is 1. The van der Waals surface area contributed by atoms with Gasteiger partial charge < -0.3 is 0 Å². The Balaban J connectivity index is 3.37. The topological polar surface area (TPSA) is 43.1 Å². The molecule has 0 spiro atoms. The van der Waals surface area contributed by atoms with E-state index in [1.54, 1.807) is 13.0 Å². The molecule has 0 unspecified atom stereocenters. The lowest BCUT2D eigenvalue weighted by Crippen LogP contribution is -1.93. The quantitative estimate of drug-likeness (QED) is 0.498. The summed E-state index contributed by atoms with van der Waals surface area (Å²) in [6, 6.07) is 2.93. The first-order chi connectivity index (χ1) is 5.52. The van der Waals surface area contributed by atoms with E-state index >= 15 is 0 Å². The highest BCUT2D eigenvalue weighted by atomic mass is 35.5. The normalized spacial score (nSPS) is 9.92. The third-order valence-electron chi connectivity index (χ3n) is 1.65. The molecular weight excluding hydrogens is 178 g/mol. The van der Waals surface area contributed by atoms with E-state index in [0.717, 1.165) is 0 Å². The first-order valence-corrected chi connectivity index (χ1v) is 3.66. The van der Waals surface area contributed by atoms with Crippen LogP contribution >= 0.6 is 11.6 Å². The molecule has 63 valence electrons. The molecule has 0 aliphatic rings. The smallest absolute Gasteiger partial charge is 0.258 e. The third kappa shape index (κ3) is 1.56. The SMILES string of the molecule is [CH2]c1cc(Cl)cc([N+](=O)[O-])c1C. The van der Waals surface area contributed by atoms with Crippen LogP contribution < -0.4 is 0 Å². The molecule has 0 aliphatic carbocycles. The van der Waals surface area contributed by atoms with Gasteiger partial charge in [0, 0.05) is 16.7 Å². The van der Waals surface area contributed by atoms with Crippen LogP contribution in [0.4, 0.5) is 5.69 Å². The van der Waals surface area contributed by atoms with Crippen molar-refractivity contribution < 1.29 is 4.92 Å². The van der Waals surface area contributed by atoms with E-state index in [0.29, 0.717) is 16.1 Å². The molecule has 0 fully saturated rings. The highest BCUT2D eigenvalue weighted by Crippen LogP contribution is 2.25. The number of benzene rings is 1. The minimum absolute atomic E-state index is 0.0208. The largest absolute Gasteiger partial charge is 0.274 e. The highest BCUT2D eigenvalue weighted by molar-refractivity contribution is 6.30. The van der Waals surface area contributed by atoms with Crippen LogP contribution in [-0.2, 0) is 0 Å². The van der Waals surface area contributed by atoms with Crippen LogP contribution in [0.25, 0.3) is 0 Å². The van der Waals surface area contributed by atoms with Crippen LogP contribution in [0.5, 0.6) is 0 Å². The van der Waals surface area contributed by atoms with Gasteiger partial charge in [-0.15, -0.1) is 0 Å². The van der Waals surface area contributed by atoms with Crippen LogP contribution in [0.3, 0.4) is 0 Å². The fourth-order valence-electron chi connectivity index (χ4n) is 0.909. The summed E-state index contributed by atoms with van der Waals surface area (Å²) in [5, 5.41) is 10.8. The molecule has 1 radical (unpaired) electrons. The van der Waals surface area contributed by atoms with Gasteiger partial charge in [-0.25, -0.2) is 0 Å². The standard InChI is InChI=1S/C8H7ClNO2/c1-5-3-7(9)4-8(6(5)2)10(11)12/h3-4H,1H2,2H3. The van der Waals surface area contributed by atoms with Gasteiger partial charge >= 0.3 is 0 Å². The summed E-state index contributed by atoms with van der Waals surface area (Å²) < 4.78 is 0.